The molecule has 6 heteroatoms. The predicted molar refractivity (Wildman–Crippen MR) is 78.1 cm³/mol. The molecule has 0 saturated carbocycles. The molecule has 100 valence electrons. The van der Waals surface area contributed by atoms with Gasteiger partial charge in [0, 0.05) is 12.2 Å². The van der Waals surface area contributed by atoms with Crippen LogP contribution in [-0.4, -0.2) is 11.5 Å². The third-order valence-corrected chi connectivity index (χ3v) is 2.94. The summed E-state index contributed by atoms with van der Waals surface area (Å²) in [4.78, 5) is 4.10. The van der Waals surface area contributed by atoms with E-state index in [9.17, 15) is 4.39 Å². The van der Waals surface area contributed by atoms with E-state index in [1.54, 1.807) is 12.4 Å². The quantitative estimate of drug-likeness (QED) is 0.803. The van der Waals surface area contributed by atoms with E-state index in [0.717, 1.165) is 17.9 Å². The first-order chi connectivity index (χ1) is 9.10. The summed E-state index contributed by atoms with van der Waals surface area (Å²) in [6.07, 6.45) is 3.38. The van der Waals surface area contributed by atoms with Gasteiger partial charge in [0.2, 0.25) is 0 Å². The smallest absolute Gasteiger partial charge is 0.160 e. The lowest BCUT2D eigenvalue weighted by molar-refractivity contribution is 0.629. The standard InChI is InChI=1S/C13H12Cl2FN3/c1-2-18-9-3-10(7-17-6-9)19-8-4-11(14)13(16)12(15)5-8/h3-7,18-19H,2H2,1H3. The fourth-order valence-electron chi connectivity index (χ4n) is 1.60. The Hall–Kier alpha value is -1.52. The van der Waals surface area contributed by atoms with E-state index < -0.39 is 5.82 Å². The highest BCUT2D eigenvalue weighted by atomic mass is 35.5. The summed E-state index contributed by atoms with van der Waals surface area (Å²) in [7, 11) is 0. The Bertz CT molecular complexity index is 567. The molecule has 2 N–H and O–H groups in total. The van der Waals surface area contributed by atoms with Gasteiger partial charge in [-0.15, -0.1) is 0 Å². The first-order valence-corrected chi connectivity index (χ1v) is 6.46. The van der Waals surface area contributed by atoms with E-state index in [0.29, 0.717) is 5.69 Å². The summed E-state index contributed by atoms with van der Waals surface area (Å²) in [5.41, 5.74) is 2.26. The van der Waals surface area contributed by atoms with Gasteiger partial charge in [0.15, 0.2) is 5.82 Å². The zero-order valence-corrected chi connectivity index (χ0v) is 11.7. The summed E-state index contributed by atoms with van der Waals surface area (Å²) in [5.74, 6) is -0.617. The molecule has 2 rings (SSSR count). The lowest BCUT2D eigenvalue weighted by atomic mass is 10.3. The van der Waals surface area contributed by atoms with Crippen molar-refractivity contribution in [3.8, 4) is 0 Å². The molecule has 19 heavy (non-hydrogen) atoms. The molecule has 0 radical (unpaired) electrons. The fourth-order valence-corrected chi connectivity index (χ4v) is 2.09. The maximum atomic E-state index is 13.3. The highest BCUT2D eigenvalue weighted by Gasteiger charge is 2.07. The summed E-state index contributed by atoms with van der Waals surface area (Å²) in [6.45, 7) is 2.80. The monoisotopic (exact) mass is 299 g/mol. The average molecular weight is 300 g/mol. The van der Waals surface area contributed by atoms with Crippen molar-refractivity contribution in [2.45, 2.75) is 6.92 Å². The van der Waals surface area contributed by atoms with E-state index in [2.05, 4.69) is 15.6 Å². The molecule has 0 spiro atoms. The van der Waals surface area contributed by atoms with Crippen molar-refractivity contribution in [3.05, 3.63) is 46.5 Å². The van der Waals surface area contributed by atoms with E-state index >= 15 is 0 Å². The molecule has 0 unspecified atom stereocenters. The van der Waals surface area contributed by atoms with Crippen molar-refractivity contribution in [2.75, 3.05) is 17.2 Å². The van der Waals surface area contributed by atoms with Crippen molar-refractivity contribution in [2.24, 2.45) is 0 Å². The van der Waals surface area contributed by atoms with E-state index in [-0.39, 0.29) is 10.0 Å². The molecule has 0 bridgehead atoms. The number of hydrogen-bond donors (Lipinski definition) is 2. The first kappa shape index (κ1) is 13.9. The molecule has 0 aliphatic heterocycles. The molecule has 1 aromatic heterocycles. The first-order valence-electron chi connectivity index (χ1n) is 5.70. The van der Waals surface area contributed by atoms with E-state index in [4.69, 9.17) is 23.2 Å². The van der Waals surface area contributed by atoms with Crippen LogP contribution in [0.15, 0.2) is 30.6 Å². The van der Waals surface area contributed by atoms with Crippen molar-refractivity contribution in [1.29, 1.82) is 0 Å². The molecular formula is C13H12Cl2FN3. The third-order valence-electron chi connectivity index (χ3n) is 2.39. The number of pyridine rings is 1. The van der Waals surface area contributed by atoms with Gasteiger partial charge in [-0.25, -0.2) is 4.39 Å². The molecule has 0 atom stereocenters. The minimum Gasteiger partial charge on any atom is -0.384 e. The SMILES string of the molecule is CCNc1cncc(Nc2cc(Cl)c(F)c(Cl)c2)c1. The van der Waals surface area contributed by atoms with Crippen LogP contribution in [0.25, 0.3) is 0 Å². The Labute approximate surface area is 120 Å². The fraction of sp³-hybridized carbons (Fsp3) is 0.154. The van der Waals surface area contributed by atoms with Gasteiger partial charge in [0.1, 0.15) is 0 Å². The normalized spacial score (nSPS) is 10.3. The van der Waals surface area contributed by atoms with Crippen LogP contribution in [0, 0.1) is 5.82 Å². The van der Waals surface area contributed by atoms with Gasteiger partial charge in [-0.1, -0.05) is 23.2 Å². The maximum absolute atomic E-state index is 13.3. The highest BCUT2D eigenvalue weighted by Crippen LogP contribution is 2.29. The second-order valence-electron chi connectivity index (χ2n) is 3.87. The maximum Gasteiger partial charge on any atom is 0.160 e. The van der Waals surface area contributed by atoms with Gasteiger partial charge in [-0.2, -0.15) is 0 Å². The van der Waals surface area contributed by atoms with Crippen LogP contribution in [-0.2, 0) is 0 Å². The Morgan fingerprint density at radius 2 is 1.68 bits per heavy atom. The summed E-state index contributed by atoms with van der Waals surface area (Å²) >= 11 is 11.5. The van der Waals surface area contributed by atoms with Crippen LogP contribution in [0.5, 0.6) is 0 Å². The molecule has 0 aliphatic rings. The van der Waals surface area contributed by atoms with Gasteiger partial charge in [0.25, 0.3) is 0 Å². The molecule has 0 saturated heterocycles. The lowest BCUT2D eigenvalue weighted by Crippen LogP contribution is -1.98. The van der Waals surface area contributed by atoms with Crippen LogP contribution in [0.4, 0.5) is 21.5 Å². The molecule has 1 aromatic carbocycles. The lowest BCUT2D eigenvalue weighted by Gasteiger charge is -2.10. The van der Waals surface area contributed by atoms with Crippen LogP contribution in [0.1, 0.15) is 6.92 Å². The molecule has 0 aliphatic carbocycles. The predicted octanol–water partition coefficient (Wildman–Crippen LogP) is 4.70. The zero-order chi connectivity index (χ0) is 13.8. The topological polar surface area (TPSA) is 37.0 Å². The number of halogens is 3. The number of nitrogens with zero attached hydrogens (tertiary/aromatic N) is 1. The number of nitrogens with one attached hydrogen (secondary N) is 2. The number of hydrogen-bond acceptors (Lipinski definition) is 3. The largest absolute Gasteiger partial charge is 0.384 e. The highest BCUT2D eigenvalue weighted by molar-refractivity contribution is 6.35. The van der Waals surface area contributed by atoms with Gasteiger partial charge in [0.05, 0.1) is 33.8 Å². The number of anilines is 3. The number of rotatable bonds is 4. The molecule has 0 fully saturated rings. The van der Waals surface area contributed by atoms with Crippen LogP contribution < -0.4 is 10.6 Å². The van der Waals surface area contributed by atoms with E-state index in [1.165, 1.54) is 12.1 Å². The second-order valence-corrected chi connectivity index (χ2v) is 4.69. The molecular weight excluding hydrogens is 288 g/mol. The minimum atomic E-state index is -0.617. The number of benzene rings is 1. The van der Waals surface area contributed by atoms with Crippen LogP contribution in [0.3, 0.4) is 0 Å². The van der Waals surface area contributed by atoms with Gasteiger partial charge < -0.3 is 10.6 Å². The Kier molecular flexibility index (Phi) is 4.45. The van der Waals surface area contributed by atoms with Crippen molar-refractivity contribution in [3.63, 3.8) is 0 Å². The number of aromatic nitrogens is 1. The van der Waals surface area contributed by atoms with Crippen molar-refractivity contribution < 1.29 is 4.39 Å². The Balaban J connectivity index is 2.23. The van der Waals surface area contributed by atoms with Gasteiger partial charge in [-0.3, -0.25) is 4.98 Å². The minimum absolute atomic E-state index is 0.0224. The van der Waals surface area contributed by atoms with Crippen LogP contribution in [0.2, 0.25) is 10.0 Å². The molecule has 2 aromatic rings. The van der Waals surface area contributed by atoms with E-state index in [1.807, 2.05) is 13.0 Å². The van der Waals surface area contributed by atoms with Crippen molar-refractivity contribution >= 4 is 40.3 Å². The van der Waals surface area contributed by atoms with Gasteiger partial charge in [-0.05, 0) is 25.1 Å². The average Bonchev–Trinajstić information content (AvgIpc) is 2.37. The zero-order valence-electron chi connectivity index (χ0n) is 10.2. The molecule has 3 nitrogen and oxygen atoms in total. The molecule has 0 amide bonds. The Morgan fingerprint density at radius 1 is 1.05 bits per heavy atom. The molecule has 1 heterocycles. The Morgan fingerprint density at radius 3 is 2.32 bits per heavy atom. The van der Waals surface area contributed by atoms with Gasteiger partial charge >= 0.3 is 0 Å². The second kappa shape index (κ2) is 6.08. The van der Waals surface area contributed by atoms with Crippen LogP contribution >= 0.6 is 23.2 Å². The van der Waals surface area contributed by atoms with Crippen molar-refractivity contribution in [1.82, 2.24) is 4.98 Å². The summed E-state index contributed by atoms with van der Waals surface area (Å²) < 4.78 is 13.3. The summed E-state index contributed by atoms with van der Waals surface area (Å²) in [6, 6.07) is 4.84. The summed E-state index contributed by atoms with van der Waals surface area (Å²) in [5, 5.41) is 6.18. The third kappa shape index (κ3) is 3.49.